The van der Waals surface area contributed by atoms with Gasteiger partial charge in [-0.2, -0.15) is 13.2 Å². The number of hydrogen-bond acceptors (Lipinski definition) is 3. The van der Waals surface area contributed by atoms with Gasteiger partial charge in [-0.1, -0.05) is 0 Å². The number of nitrogens with one attached hydrogen (secondary N) is 2. The Labute approximate surface area is 118 Å². The molecule has 3 rings (SSSR count). The van der Waals surface area contributed by atoms with Crippen LogP contribution in [0.2, 0.25) is 0 Å². The number of anilines is 1. The summed E-state index contributed by atoms with van der Waals surface area (Å²) in [7, 11) is 1.66. The number of nitrogens with zero attached hydrogens (tertiary/aromatic N) is 2. The van der Waals surface area contributed by atoms with Gasteiger partial charge in [-0.15, -0.1) is 0 Å². The topological polar surface area (TPSA) is 53.6 Å². The molecule has 0 saturated heterocycles. The highest BCUT2D eigenvalue weighted by Crippen LogP contribution is 2.38. The smallest absolute Gasteiger partial charge is 0.373 e. The van der Waals surface area contributed by atoms with Crippen molar-refractivity contribution in [2.24, 2.45) is 0 Å². The summed E-state index contributed by atoms with van der Waals surface area (Å²) >= 11 is 0. The first kappa shape index (κ1) is 13.4. The molecule has 7 heteroatoms. The Morgan fingerprint density at radius 2 is 2.05 bits per heavy atom. The van der Waals surface area contributed by atoms with Crippen molar-refractivity contribution in [3.8, 4) is 11.3 Å². The molecule has 0 aromatic carbocycles. The summed E-state index contributed by atoms with van der Waals surface area (Å²) in [6.45, 7) is 0. The summed E-state index contributed by atoms with van der Waals surface area (Å²) in [5.74, 6) is 0.471. The zero-order valence-corrected chi connectivity index (χ0v) is 11.0. The minimum Gasteiger partial charge on any atom is -0.373 e. The number of fused-ring (bicyclic) bond motifs is 1. The van der Waals surface area contributed by atoms with Crippen LogP contribution in [0, 0.1) is 0 Å². The third kappa shape index (κ3) is 2.31. The van der Waals surface area contributed by atoms with E-state index < -0.39 is 11.7 Å². The molecule has 0 bridgehead atoms. The number of aromatic nitrogens is 3. The number of rotatable bonds is 2. The molecule has 0 unspecified atom stereocenters. The number of aromatic amines is 1. The molecule has 0 spiro atoms. The molecule has 4 nitrogen and oxygen atoms in total. The first-order chi connectivity index (χ1) is 10.0. The standard InChI is InChI=1S/C14H11F3N4/c1-18-11-7-9(8-4-6-20-13(8)21-11)12-10(14(15,16)17)3-2-5-19-12/h2-7H,1H3,(H2,18,20,21). The summed E-state index contributed by atoms with van der Waals surface area (Å²) in [6, 6.07) is 5.56. The summed E-state index contributed by atoms with van der Waals surface area (Å²) < 4.78 is 39.5. The van der Waals surface area contributed by atoms with Gasteiger partial charge in [0.15, 0.2) is 0 Å². The van der Waals surface area contributed by atoms with Crippen LogP contribution < -0.4 is 5.32 Å². The Kier molecular flexibility index (Phi) is 3.04. The molecule has 21 heavy (non-hydrogen) atoms. The van der Waals surface area contributed by atoms with Crippen molar-refractivity contribution < 1.29 is 13.2 Å². The van der Waals surface area contributed by atoms with Crippen molar-refractivity contribution in [3.05, 3.63) is 42.2 Å². The third-order valence-electron chi connectivity index (χ3n) is 3.15. The Bertz CT molecular complexity index is 792. The average molecular weight is 292 g/mol. The van der Waals surface area contributed by atoms with E-state index in [9.17, 15) is 13.2 Å². The number of hydrogen-bond donors (Lipinski definition) is 2. The quantitative estimate of drug-likeness (QED) is 0.757. The third-order valence-corrected chi connectivity index (χ3v) is 3.15. The van der Waals surface area contributed by atoms with E-state index in [4.69, 9.17) is 0 Å². The minimum atomic E-state index is -4.46. The minimum absolute atomic E-state index is 0.103. The first-order valence-electron chi connectivity index (χ1n) is 6.19. The average Bonchev–Trinajstić information content (AvgIpc) is 2.93. The van der Waals surface area contributed by atoms with Crippen LogP contribution in [-0.4, -0.2) is 22.0 Å². The van der Waals surface area contributed by atoms with E-state index in [1.807, 2.05) is 0 Å². The first-order valence-corrected chi connectivity index (χ1v) is 6.19. The maximum atomic E-state index is 13.2. The summed E-state index contributed by atoms with van der Waals surface area (Å²) in [6.07, 6.45) is -1.48. The van der Waals surface area contributed by atoms with Crippen LogP contribution in [0.3, 0.4) is 0 Å². The molecule has 0 aliphatic rings. The number of halogens is 3. The van der Waals surface area contributed by atoms with Crippen molar-refractivity contribution in [2.75, 3.05) is 12.4 Å². The fourth-order valence-electron chi connectivity index (χ4n) is 2.21. The Morgan fingerprint density at radius 1 is 1.24 bits per heavy atom. The molecule has 3 heterocycles. The molecule has 0 aliphatic carbocycles. The van der Waals surface area contributed by atoms with Crippen LogP contribution in [0.5, 0.6) is 0 Å². The highest BCUT2D eigenvalue weighted by Gasteiger charge is 2.34. The normalized spacial score (nSPS) is 11.8. The van der Waals surface area contributed by atoms with Crippen molar-refractivity contribution in [1.29, 1.82) is 0 Å². The number of alkyl halides is 3. The zero-order valence-electron chi connectivity index (χ0n) is 11.0. The summed E-state index contributed by atoms with van der Waals surface area (Å²) in [4.78, 5) is 11.1. The molecule has 3 aromatic rings. The van der Waals surface area contributed by atoms with Crippen LogP contribution in [0.15, 0.2) is 36.7 Å². The van der Waals surface area contributed by atoms with Gasteiger partial charge in [-0.05, 0) is 24.3 Å². The molecular formula is C14H11F3N4. The molecule has 108 valence electrons. The molecule has 0 saturated carbocycles. The lowest BCUT2D eigenvalue weighted by molar-refractivity contribution is -0.137. The Hall–Kier alpha value is -2.57. The fourth-order valence-corrected chi connectivity index (χ4v) is 2.21. The maximum Gasteiger partial charge on any atom is 0.418 e. The Balaban J connectivity index is 2.33. The van der Waals surface area contributed by atoms with Crippen LogP contribution in [0.1, 0.15) is 5.56 Å². The second-order valence-corrected chi connectivity index (χ2v) is 4.44. The van der Waals surface area contributed by atoms with Crippen molar-refractivity contribution in [3.63, 3.8) is 0 Å². The number of H-pyrrole nitrogens is 1. The lowest BCUT2D eigenvalue weighted by atomic mass is 10.0. The van der Waals surface area contributed by atoms with Gasteiger partial charge in [0.1, 0.15) is 11.5 Å². The predicted molar refractivity (Wildman–Crippen MR) is 73.9 cm³/mol. The van der Waals surface area contributed by atoms with Crippen LogP contribution in [-0.2, 0) is 6.18 Å². The van der Waals surface area contributed by atoms with E-state index in [2.05, 4.69) is 20.3 Å². The monoisotopic (exact) mass is 292 g/mol. The zero-order chi connectivity index (χ0) is 15.0. The molecule has 2 N–H and O–H groups in total. The van der Waals surface area contributed by atoms with E-state index in [0.29, 0.717) is 22.4 Å². The van der Waals surface area contributed by atoms with Gasteiger partial charge >= 0.3 is 6.18 Å². The highest BCUT2D eigenvalue weighted by atomic mass is 19.4. The van der Waals surface area contributed by atoms with Gasteiger partial charge < -0.3 is 10.3 Å². The highest BCUT2D eigenvalue weighted by molar-refractivity contribution is 5.94. The summed E-state index contributed by atoms with van der Waals surface area (Å²) in [5.41, 5.74) is 0.0309. The lowest BCUT2D eigenvalue weighted by Crippen LogP contribution is -2.08. The van der Waals surface area contributed by atoms with E-state index in [-0.39, 0.29) is 5.69 Å². The van der Waals surface area contributed by atoms with E-state index in [1.54, 1.807) is 25.4 Å². The van der Waals surface area contributed by atoms with Gasteiger partial charge in [0.05, 0.1) is 11.3 Å². The van der Waals surface area contributed by atoms with Crippen LogP contribution >= 0.6 is 0 Å². The van der Waals surface area contributed by atoms with Gasteiger partial charge in [0.2, 0.25) is 0 Å². The largest absolute Gasteiger partial charge is 0.418 e. The molecule has 0 radical (unpaired) electrons. The van der Waals surface area contributed by atoms with E-state index >= 15 is 0 Å². The summed E-state index contributed by atoms with van der Waals surface area (Å²) in [5, 5.41) is 3.43. The Morgan fingerprint density at radius 3 is 2.76 bits per heavy atom. The van der Waals surface area contributed by atoms with Crippen molar-refractivity contribution in [2.45, 2.75) is 6.18 Å². The van der Waals surface area contributed by atoms with Gasteiger partial charge in [-0.25, -0.2) is 4.98 Å². The second kappa shape index (κ2) is 4.76. The lowest BCUT2D eigenvalue weighted by Gasteiger charge is -2.13. The second-order valence-electron chi connectivity index (χ2n) is 4.44. The number of pyridine rings is 2. The molecule has 0 aliphatic heterocycles. The van der Waals surface area contributed by atoms with Gasteiger partial charge in [0, 0.05) is 30.4 Å². The molecular weight excluding hydrogens is 281 g/mol. The SMILES string of the molecule is CNc1cc(-c2ncccc2C(F)(F)F)c2cc[nH]c2n1. The van der Waals surface area contributed by atoms with Gasteiger partial charge in [0.25, 0.3) is 0 Å². The van der Waals surface area contributed by atoms with Crippen LogP contribution in [0.4, 0.5) is 19.0 Å². The van der Waals surface area contributed by atoms with Crippen molar-refractivity contribution >= 4 is 16.9 Å². The van der Waals surface area contributed by atoms with E-state index in [1.165, 1.54) is 12.3 Å². The molecule has 0 amide bonds. The molecule has 0 atom stereocenters. The van der Waals surface area contributed by atoms with Crippen molar-refractivity contribution in [1.82, 2.24) is 15.0 Å². The van der Waals surface area contributed by atoms with E-state index in [0.717, 1.165) is 6.07 Å². The van der Waals surface area contributed by atoms with Gasteiger partial charge in [-0.3, -0.25) is 4.98 Å². The predicted octanol–water partition coefficient (Wildman–Crippen LogP) is 3.69. The van der Waals surface area contributed by atoms with Crippen LogP contribution in [0.25, 0.3) is 22.3 Å². The fraction of sp³-hybridized carbons (Fsp3) is 0.143. The molecule has 0 fully saturated rings. The molecule has 3 aromatic heterocycles. The maximum absolute atomic E-state index is 13.2.